The Kier molecular flexibility index (Phi) is 6.86. The third-order valence-electron chi connectivity index (χ3n) is 7.90. The number of aryl methyl sites for hydroxylation is 1. The van der Waals surface area contributed by atoms with Gasteiger partial charge in [0.25, 0.3) is 0 Å². The molecule has 3 aromatic rings. The lowest BCUT2D eigenvalue weighted by Gasteiger charge is -2.15. The highest BCUT2D eigenvalue weighted by atomic mass is 32.2. The number of rotatable bonds is 10. The van der Waals surface area contributed by atoms with Crippen molar-refractivity contribution in [2.45, 2.75) is 38.7 Å². The van der Waals surface area contributed by atoms with Crippen LogP contribution in [0, 0.1) is 30.4 Å². The average molecular weight is 558 g/mol. The molecule has 7 nitrogen and oxygen atoms in total. The highest BCUT2D eigenvalue weighted by Gasteiger charge is 2.69. The Bertz CT molecular complexity index is 1570. The predicted octanol–water partition coefficient (Wildman–Crippen LogP) is 4.87. The van der Waals surface area contributed by atoms with Gasteiger partial charge < -0.3 is 14.6 Å². The number of carbonyl (C=O) groups is 1. The van der Waals surface area contributed by atoms with Crippen molar-refractivity contribution in [2.75, 3.05) is 18.6 Å². The summed E-state index contributed by atoms with van der Waals surface area (Å²) >= 11 is 0. The first-order valence-corrected chi connectivity index (χ1v) is 14.7. The number of fused-ring (bicyclic) bond motifs is 3. The second-order valence-electron chi connectivity index (χ2n) is 10.5. The van der Waals surface area contributed by atoms with E-state index in [2.05, 4.69) is 4.98 Å². The number of carboxylic acids is 1. The zero-order valence-electron chi connectivity index (χ0n) is 21.8. The molecule has 2 aliphatic carbocycles. The van der Waals surface area contributed by atoms with Crippen LogP contribution >= 0.6 is 0 Å². The molecule has 0 aliphatic heterocycles. The molecule has 206 valence electrons. The minimum absolute atomic E-state index is 0.00620. The highest BCUT2D eigenvalue weighted by molar-refractivity contribution is 7.90. The fourth-order valence-corrected chi connectivity index (χ4v) is 6.46. The first-order valence-electron chi connectivity index (χ1n) is 12.6. The summed E-state index contributed by atoms with van der Waals surface area (Å²) in [5.74, 6) is -1.82. The summed E-state index contributed by atoms with van der Waals surface area (Å²) in [4.78, 5) is 15.8. The van der Waals surface area contributed by atoms with Gasteiger partial charge >= 0.3 is 5.97 Å². The quantitative estimate of drug-likeness (QED) is 0.355. The summed E-state index contributed by atoms with van der Waals surface area (Å²) in [5, 5.41) is 9.45. The van der Waals surface area contributed by atoms with Crippen LogP contribution in [-0.2, 0) is 33.1 Å². The monoisotopic (exact) mass is 557 g/mol. The van der Waals surface area contributed by atoms with E-state index in [0.29, 0.717) is 29.8 Å². The zero-order valence-corrected chi connectivity index (χ0v) is 22.6. The second-order valence-corrected chi connectivity index (χ2v) is 12.8. The molecule has 0 radical (unpaired) electrons. The van der Waals surface area contributed by atoms with Gasteiger partial charge in [-0.15, -0.1) is 0 Å². The van der Waals surface area contributed by atoms with Crippen molar-refractivity contribution >= 4 is 15.8 Å². The third kappa shape index (κ3) is 5.09. The van der Waals surface area contributed by atoms with Crippen molar-refractivity contribution in [1.29, 1.82) is 0 Å². The number of halogens is 2. The number of aromatic nitrogens is 1. The summed E-state index contributed by atoms with van der Waals surface area (Å²) in [5.41, 5.74) is 2.53. The fourth-order valence-electron chi connectivity index (χ4n) is 5.81. The topological polar surface area (TPSA) is 103 Å². The minimum atomic E-state index is -3.08. The van der Waals surface area contributed by atoms with E-state index in [-0.39, 0.29) is 53.2 Å². The number of sulfone groups is 1. The SMILES string of the molecule is Cc1nc(OCCCS(C)(=O)=O)ccc1-c1ccc(F)c(COc2ccc3c(c2)CC2C(C(=O)O)C32C)c1F. The van der Waals surface area contributed by atoms with E-state index < -0.39 is 27.4 Å². The minimum Gasteiger partial charge on any atom is -0.489 e. The van der Waals surface area contributed by atoms with Crippen molar-refractivity contribution < 1.29 is 36.6 Å². The molecule has 1 fully saturated rings. The van der Waals surface area contributed by atoms with Crippen molar-refractivity contribution in [1.82, 2.24) is 4.98 Å². The molecule has 0 spiro atoms. The van der Waals surface area contributed by atoms with E-state index >= 15 is 4.39 Å². The van der Waals surface area contributed by atoms with Crippen molar-refractivity contribution in [3.8, 4) is 22.8 Å². The molecule has 1 saturated carbocycles. The van der Waals surface area contributed by atoms with Gasteiger partial charge in [-0.2, -0.15) is 0 Å². The molecule has 0 bridgehead atoms. The molecule has 10 heteroatoms. The second kappa shape index (κ2) is 9.89. The molecule has 1 N–H and O–H groups in total. The molecule has 2 aromatic carbocycles. The van der Waals surface area contributed by atoms with E-state index in [9.17, 15) is 22.7 Å². The van der Waals surface area contributed by atoms with Gasteiger partial charge in [0.15, 0.2) is 0 Å². The lowest BCUT2D eigenvalue weighted by molar-refractivity contribution is -0.139. The van der Waals surface area contributed by atoms with Crippen LogP contribution in [0.1, 0.15) is 35.7 Å². The number of aliphatic carboxylic acids is 1. The lowest BCUT2D eigenvalue weighted by atomic mass is 9.93. The lowest BCUT2D eigenvalue weighted by Crippen LogP contribution is -2.12. The van der Waals surface area contributed by atoms with E-state index in [1.807, 2.05) is 19.1 Å². The maximum atomic E-state index is 15.5. The zero-order chi connectivity index (χ0) is 28.1. The molecular formula is C29H29F2NO6S. The van der Waals surface area contributed by atoms with E-state index in [4.69, 9.17) is 9.47 Å². The van der Waals surface area contributed by atoms with Crippen LogP contribution in [0.4, 0.5) is 8.78 Å². The van der Waals surface area contributed by atoms with E-state index in [1.54, 1.807) is 25.1 Å². The molecule has 2 aliphatic rings. The Morgan fingerprint density at radius 2 is 1.87 bits per heavy atom. The molecule has 3 atom stereocenters. The Morgan fingerprint density at radius 1 is 1.13 bits per heavy atom. The fraction of sp³-hybridized carbons (Fsp3) is 0.379. The third-order valence-corrected chi connectivity index (χ3v) is 8.93. The van der Waals surface area contributed by atoms with Gasteiger partial charge in [-0.25, -0.2) is 22.2 Å². The summed E-state index contributed by atoms with van der Waals surface area (Å²) in [6, 6.07) is 11.1. The Labute approximate surface area is 225 Å². The van der Waals surface area contributed by atoms with E-state index in [1.165, 1.54) is 12.1 Å². The van der Waals surface area contributed by atoms with Crippen LogP contribution in [-0.4, -0.2) is 43.1 Å². The Morgan fingerprint density at radius 3 is 2.56 bits per heavy atom. The number of hydrogen-bond donors (Lipinski definition) is 1. The highest BCUT2D eigenvalue weighted by Crippen LogP contribution is 2.66. The largest absolute Gasteiger partial charge is 0.489 e. The van der Waals surface area contributed by atoms with Gasteiger partial charge in [-0.1, -0.05) is 13.0 Å². The molecule has 3 unspecified atom stereocenters. The number of carboxylic acid groups (broad SMARTS) is 1. The van der Waals surface area contributed by atoms with Crippen LogP contribution < -0.4 is 9.47 Å². The number of pyridine rings is 1. The maximum absolute atomic E-state index is 15.5. The first-order chi connectivity index (χ1) is 18.4. The molecule has 0 amide bonds. The first kappa shape index (κ1) is 27.1. The van der Waals surface area contributed by atoms with Crippen LogP contribution in [0.2, 0.25) is 0 Å². The number of benzene rings is 2. The van der Waals surface area contributed by atoms with Gasteiger partial charge in [0.2, 0.25) is 5.88 Å². The summed E-state index contributed by atoms with van der Waals surface area (Å²) < 4.78 is 64.0. The number of hydrogen-bond acceptors (Lipinski definition) is 6. The molecule has 39 heavy (non-hydrogen) atoms. The van der Waals surface area contributed by atoms with Gasteiger partial charge in [0, 0.05) is 34.6 Å². The summed E-state index contributed by atoms with van der Waals surface area (Å²) in [6.45, 7) is 3.50. The predicted molar refractivity (Wildman–Crippen MR) is 141 cm³/mol. The molecule has 1 aromatic heterocycles. The van der Waals surface area contributed by atoms with Crippen LogP contribution in [0.15, 0.2) is 42.5 Å². The van der Waals surface area contributed by atoms with Crippen molar-refractivity contribution in [3.05, 3.63) is 76.5 Å². The van der Waals surface area contributed by atoms with Crippen molar-refractivity contribution in [3.63, 3.8) is 0 Å². The van der Waals surface area contributed by atoms with Gasteiger partial charge in [0.05, 0.1) is 23.8 Å². The van der Waals surface area contributed by atoms with Crippen LogP contribution in [0.25, 0.3) is 11.1 Å². The smallest absolute Gasteiger partial charge is 0.307 e. The Hall–Kier alpha value is -3.53. The normalized spacial score (nSPS) is 21.3. The maximum Gasteiger partial charge on any atom is 0.307 e. The summed E-state index contributed by atoms with van der Waals surface area (Å²) in [6.07, 6.45) is 2.12. The molecule has 0 saturated heterocycles. The molecule has 5 rings (SSSR count). The number of nitrogens with zero attached hydrogens (tertiary/aromatic N) is 1. The molecule has 1 heterocycles. The Balaban J connectivity index is 1.29. The van der Waals surface area contributed by atoms with Gasteiger partial charge in [-0.05, 0) is 67.1 Å². The molecular weight excluding hydrogens is 528 g/mol. The van der Waals surface area contributed by atoms with E-state index in [0.717, 1.165) is 17.4 Å². The van der Waals surface area contributed by atoms with Crippen molar-refractivity contribution in [2.24, 2.45) is 11.8 Å². The van der Waals surface area contributed by atoms with Gasteiger partial charge in [0.1, 0.15) is 33.8 Å². The number of ether oxygens (including phenoxy) is 2. The average Bonchev–Trinajstić information content (AvgIpc) is 3.35. The van der Waals surface area contributed by atoms with Gasteiger partial charge in [-0.3, -0.25) is 4.79 Å². The van der Waals surface area contributed by atoms with Crippen LogP contribution in [0.5, 0.6) is 11.6 Å². The van der Waals surface area contributed by atoms with Crippen LogP contribution in [0.3, 0.4) is 0 Å². The summed E-state index contributed by atoms with van der Waals surface area (Å²) in [7, 11) is -3.08. The standard InChI is InChI=1S/C29H29F2NO6S/c1-16-19(7-10-25(32-16)37-11-4-12-39(3,35)36)20-6-9-24(30)21(27(20)31)15-38-18-5-8-22-17(13-18)14-23-26(28(33)34)29(22,23)2/h5-10,13,23,26H,4,11-12,14-15H2,1-3H3,(H,33,34).